The van der Waals surface area contributed by atoms with Crippen molar-refractivity contribution >= 4 is 22.4 Å². The average Bonchev–Trinajstić information content (AvgIpc) is 2.49. The molecular weight excluding hydrogens is 296 g/mol. The predicted octanol–water partition coefficient (Wildman–Crippen LogP) is 5.04. The van der Waals surface area contributed by atoms with Crippen molar-refractivity contribution in [1.29, 1.82) is 0 Å². The number of nitrogens with zero attached hydrogens (tertiary/aromatic N) is 1. The van der Waals surface area contributed by atoms with Gasteiger partial charge in [-0.1, -0.05) is 18.2 Å². The summed E-state index contributed by atoms with van der Waals surface area (Å²) in [5.74, 6) is -1.06. The number of pyridine rings is 1. The molecule has 2 nitrogen and oxygen atoms in total. The number of fused-ring (bicyclic) bond motifs is 1. The van der Waals surface area contributed by atoms with E-state index in [-0.39, 0.29) is 17.5 Å². The third-order valence-electron chi connectivity index (χ3n) is 3.00. The van der Waals surface area contributed by atoms with Crippen LogP contribution in [0.3, 0.4) is 0 Å². The molecule has 0 saturated heterocycles. The van der Waals surface area contributed by atoms with Crippen molar-refractivity contribution in [2.45, 2.75) is 5.88 Å². The summed E-state index contributed by atoms with van der Waals surface area (Å²) in [5.41, 5.74) is 0.618. The molecule has 0 N–H and O–H groups in total. The fourth-order valence-electron chi connectivity index (χ4n) is 2.03. The van der Waals surface area contributed by atoms with E-state index in [0.29, 0.717) is 5.69 Å². The van der Waals surface area contributed by atoms with Crippen LogP contribution in [-0.4, -0.2) is 4.98 Å². The molecule has 106 valence electrons. The van der Waals surface area contributed by atoms with Gasteiger partial charge in [-0.3, -0.25) is 0 Å². The largest absolute Gasteiger partial charge is 0.435 e. The Morgan fingerprint density at radius 2 is 1.86 bits per heavy atom. The third kappa shape index (κ3) is 2.81. The highest BCUT2D eigenvalue weighted by atomic mass is 35.5. The first-order chi connectivity index (χ1) is 10.2. The maximum atomic E-state index is 13.7. The van der Waals surface area contributed by atoms with Crippen LogP contribution in [0.15, 0.2) is 48.5 Å². The van der Waals surface area contributed by atoms with E-state index in [0.717, 1.165) is 22.9 Å². The molecule has 0 atom stereocenters. The number of alkyl halides is 1. The summed E-state index contributed by atoms with van der Waals surface area (Å²) in [6.45, 7) is 0. The van der Waals surface area contributed by atoms with E-state index >= 15 is 0 Å². The van der Waals surface area contributed by atoms with E-state index in [1.807, 2.05) is 30.3 Å². The molecule has 1 heterocycles. The molecular formula is C16H10ClF2NO. The van der Waals surface area contributed by atoms with Gasteiger partial charge in [0.15, 0.2) is 11.6 Å². The van der Waals surface area contributed by atoms with Crippen LogP contribution in [0, 0.1) is 11.6 Å². The van der Waals surface area contributed by atoms with Crippen molar-refractivity contribution in [1.82, 2.24) is 4.98 Å². The minimum Gasteiger partial charge on any atom is -0.435 e. The minimum absolute atomic E-state index is 0.0826. The lowest BCUT2D eigenvalue weighted by molar-refractivity contribution is 0.427. The van der Waals surface area contributed by atoms with Crippen molar-refractivity contribution < 1.29 is 13.5 Å². The second kappa shape index (κ2) is 5.66. The normalized spacial score (nSPS) is 10.8. The molecule has 2 aromatic carbocycles. The first-order valence-corrected chi connectivity index (χ1v) is 6.78. The van der Waals surface area contributed by atoms with Gasteiger partial charge in [-0.05, 0) is 29.7 Å². The van der Waals surface area contributed by atoms with E-state index < -0.39 is 11.6 Å². The third-order valence-corrected chi connectivity index (χ3v) is 3.27. The molecule has 21 heavy (non-hydrogen) atoms. The molecule has 0 bridgehead atoms. The summed E-state index contributed by atoms with van der Waals surface area (Å²) in [6.07, 6.45) is 0. The molecule has 0 amide bonds. The lowest BCUT2D eigenvalue weighted by Crippen LogP contribution is -1.95. The Balaban J connectivity index is 2.10. The lowest BCUT2D eigenvalue weighted by Gasteiger charge is -2.10. The predicted molar refractivity (Wildman–Crippen MR) is 77.7 cm³/mol. The van der Waals surface area contributed by atoms with Crippen molar-refractivity contribution in [3.8, 4) is 11.6 Å². The van der Waals surface area contributed by atoms with Crippen LogP contribution in [0.5, 0.6) is 11.6 Å². The Morgan fingerprint density at radius 1 is 1.05 bits per heavy atom. The molecule has 1 aromatic heterocycles. The zero-order valence-corrected chi connectivity index (χ0v) is 11.6. The summed E-state index contributed by atoms with van der Waals surface area (Å²) >= 11 is 5.81. The molecule has 0 fully saturated rings. The second-order valence-corrected chi connectivity index (χ2v) is 4.72. The van der Waals surface area contributed by atoms with Gasteiger partial charge >= 0.3 is 0 Å². The van der Waals surface area contributed by atoms with Gasteiger partial charge < -0.3 is 4.74 Å². The number of halogens is 3. The molecule has 0 radical (unpaired) electrons. The van der Waals surface area contributed by atoms with Gasteiger partial charge in [0.1, 0.15) is 5.82 Å². The van der Waals surface area contributed by atoms with Crippen molar-refractivity contribution in [2.24, 2.45) is 0 Å². The Kier molecular flexibility index (Phi) is 3.71. The summed E-state index contributed by atoms with van der Waals surface area (Å²) < 4.78 is 32.1. The van der Waals surface area contributed by atoms with Crippen molar-refractivity contribution in [2.75, 3.05) is 0 Å². The van der Waals surface area contributed by atoms with Gasteiger partial charge in [0, 0.05) is 11.5 Å². The average molecular weight is 306 g/mol. The van der Waals surface area contributed by atoms with Crippen molar-refractivity contribution in [3.05, 3.63) is 65.9 Å². The quantitative estimate of drug-likeness (QED) is 0.632. The highest BCUT2D eigenvalue weighted by molar-refractivity contribution is 6.17. The Bertz CT molecular complexity index is 807. The molecule has 0 aliphatic rings. The summed E-state index contributed by atoms with van der Waals surface area (Å²) in [7, 11) is 0. The number of ether oxygens (including phenoxy) is 1. The number of benzene rings is 2. The van der Waals surface area contributed by atoms with E-state index in [9.17, 15) is 8.78 Å². The number of hydrogen-bond acceptors (Lipinski definition) is 2. The molecule has 3 rings (SSSR count). The molecule has 0 saturated carbocycles. The zero-order valence-electron chi connectivity index (χ0n) is 10.8. The molecule has 5 heteroatoms. The van der Waals surface area contributed by atoms with Crippen LogP contribution in [0.25, 0.3) is 10.8 Å². The molecule has 0 aliphatic heterocycles. The molecule has 3 aromatic rings. The lowest BCUT2D eigenvalue weighted by atomic mass is 10.1. The standard InChI is InChI=1S/C16H10ClF2NO/c17-9-12-7-10-3-1-2-4-13(10)16(20-12)21-15-6-5-11(18)8-14(15)19/h1-8H,9H2. The van der Waals surface area contributed by atoms with Crippen LogP contribution in [0.4, 0.5) is 8.78 Å². The SMILES string of the molecule is Fc1ccc(Oc2nc(CCl)cc3ccccc23)c(F)c1. The summed E-state index contributed by atoms with van der Waals surface area (Å²) in [4.78, 5) is 4.26. The maximum absolute atomic E-state index is 13.7. The second-order valence-electron chi connectivity index (χ2n) is 4.45. The van der Waals surface area contributed by atoms with E-state index in [1.54, 1.807) is 0 Å². The van der Waals surface area contributed by atoms with Gasteiger partial charge in [0.2, 0.25) is 5.88 Å². The van der Waals surface area contributed by atoms with Crippen LogP contribution in [-0.2, 0) is 5.88 Å². The highest BCUT2D eigenvalue weighted by Gasteiger charge is 2.11. The monoisotopic (exact) mass is 305 g/mol. The van der Waals surface area contributed by atoms with E-state index in [1.165, 1.54) is 6.07 Å². The number of rotatable bonds is 3. The van der Waals surface area contributed by atoms with Crippen LogP contribution >= 0.6 is 11.6 Å². The number of aromatic nitrogens is 1. The summed E-state index contributed by atoms with van der Waals surface area (Å²) in [5, 5.41) is 1.62. The zero-order chi connectivity index (χ0) is 14.8. The van der Waals surface area contributed by atoms with Crippen LogP contribution < -0.4 is 4.74 Å². The topological polar surface area (TPSA) is 22.1 Å². The fourth-order valence-corrected chi connectivity index (χ4v) is 2.17. The Morgan fingerprint density at radius 3 is 2.62 bits per heavy atom. The van der Waals surface area contributed by atoms with Gasteiger partial charge in [-0.15, -0.1) is 11.6 Å². The van der Waals surface area contributed by atoms with Gasteiger partial charge in [-0.2, -0.15) is 0 Å². The van der Waals surface area contributed by atoms with E-state index in [2.05, 4.69) is 4.98 Å². The van der Waals surface area contributed by atoms with Gasteiger partial charge in [0.25, 0.3) is 0 Å². The van der Waals surface area contributed by atoms with Gasteiger partial charge in [-0.25, -0.2) is 13.8 Å². The first-order valence-electron chi connectivity index (χ1n) is 6.25. The van der Waals surface area contributed by atoms with Crippen LogP contribution in [0.1, 0.15) is 5.69 Å². The molecule has 0 aliphatic carbocycles. The highest BCUT2D eigenvalue weighted by Crippen LogP contribution is 2.30. The fraction of sp³-hybridized carbons (Fsp3) is 0.0625. The van der Waals surface area contributed by atoms with Crippen LogP contribution in [0.2, 0.25) is 0 Å². The van der Waals surface area contributed by atoms with Gasteiger partial charge in [0.05, 0.1) is 11.6 Å². The summed E-state index contributed by atoms with van der Waals surface area (Å²) in [6, 6.07) is 12.4. The van der Waals surface area contributed by atoms with E-state index in [4.69, 9.17) is 16.3 Å². The maximum Gasteiger partial charge on any atom is 0.227 e. The first kappa shape index (κ1) is 13.8. The minimum atomic E-state index is -0.780. The molecule has 0 unspecified atom stereocenters. The smallest absolute Gasteiger partial charge is 0.227 e. The van der Waals surface area contributed by atoms with Crippen molar-refractivity contribution in [3.63, 3.8) is 0 Å². The molecule has 0 spiro atoms. The number of hydrogen-bond donors (Lipinski definition) is 0. The Labute approximate surface area is 125 Å². The Hall–Kier alpha value is -2.20.